The van der Waals surface area contributed by atoms with Crippen LogP contribution in [-0.2, 0) is 28.9 Å². The molecule has 1 heterocycles. The lowest BCUT2D eigenvalue weighted by Crippen LogP contribution is -2.09. The molecule has 0 saturated carbocycles. The third kappa shape index (κ3) is 5.76. The average Bonchev–Trinajstić information content (AvgIpc) is 2.97. The summed E-state index contributed by atoms with van der Waals surface area (Å²) in [7, 11) is 0. The molecule has 0 atom stereocenters. The quantitative estimate of drug-likeness (QED) is 0.734. The van der Waals surface area contributed by atoms with E-state index in [0.717, 1.165) is 6.07 Å². The zero-order valence-corrected chi connectivity index (χ0v) is 14.7. The Morgan fingerprint density at radius 3 is 2.26 bits per heavy atom. The number of aryl methyl sites for hydroxylation is 3. The summed E-state index contributed by atoms with van der Waals surface area (Å²) in [5, 5.41) is 9.36. The van der Waals surface area contributed by atoms with Crippen molar-refractivity contribution in [1.29, 1.82) is 5.26 Å². The lowest BCUT2D eigenvalue weighted by molar-refractivity contribution is -0.191. The van der Waals surface area contributed by atoms with E-state index < -0.39 is 18.4 Å². The first-order chi connectivity index (χ1) is 12.7. The molecule has 0 aliphatic rings. The highest BCUT2D eigenvalue weighted by molar-refractivity contribution is 5.44. The summed E-state index contributed by atoms with van der Waals surface area (Å²) >= 11 is 0. The molecule has 1 aromatic carbocycles. The Balaban J connectivity index is 0.00000114. The normalized spacial score (nSPS) is 10.6. The van der Waals surface area contributed by atoms with Crippen molar-refractivity contribution >= 4 is 6.15 Å². The van der Waals surface area contributed by atoms with E-state index in [1.54, 1.807) is 0 Å². The molecule has 144 valence electrons. The molecule has 0 aliphatic carbocycles. The Bertz CT molecular complexity index is 861. The lowest BCUT2D eigenvalue weighted by Gasteiger charge is -2.11. The van der Waals surface area contributed by atoms with E-state index >= 15 is 0 Å². The second kappa shape index (κ2) is 9.64. The van der Waals surface area contributed by atoms with E-state index in [0.29, 0.717) is 24.4 Å². The first-order valence-corrected chi connectivity index (χ1v) is 8.07. The van der Waals surface area contributed by atoms with E-state index in [1.165, 1.54) is 16.7 Å². The van der Waals surface area contributed by atoms with Crippen molar-refractivity contribution in [2.24, 2.45) is 0 Å². The summed E-state index contributed by atoms with van der Waals surface area (Å²) in [6, 6.07) is 5.99. The molecule has 0 amide bonds. The van der Waals surface area contributed by atoms with Crippen molar-refractivity contribution in [2.75, 3.05) is 0 Å². The minimum absolute atomic E-state index is 0.131. The van der Waals surface area contributed by atoms with Crippen molar-refractivity contribution in [3.05, 3.63) is 46.8 Å². The Morgan fingerprint density at radius 1 is 1.19 bits per heavy atom. The predicted molar refractivity (Wildman–Crippen MR) is 86.4 cm³/mol. The lowest BCUT2D eigenvalue weighted by atomic mass is 10.1. The first-order valence-electron chi connectivity index (χ1n) is 8.07. The van der Waals surface area contributed by atoms with Crippen molar-refractivity contribution < 1.29 is 27.2 Å². The van der Waals surface area contributed by atoms with Gasteiger partial charge >= 0.3 is 12.3 Å². The van der Waals surface area contributed by atoms with Gasteiger partial charge in [0.15, 0.2) is 0 Å². The van der Waals surface area contributed by atoms with Gasteiger partial charge in [0, 0.05) is 12.8 Å². The molecule has 27 heavy (non-hydrogen) atoms. The van der Waals surface area contributed by atoms with Gasteiger partial charge in [-0.15, -0.1) is 0 Å². The minimum Gasteiger partial charge on any atom is -0.285 e. The number of aromatic nitrogens is 2. The number of nitrogens with zero attached hydrogens (tertiary/aromatic N) is 3. The molecule has 0 spiro atoms. The number of alkyl halides is 3. The number of carbonyl (C=O) groups excluding carboxylic acids is 2. The number of hydrogen-bond acceptors (Lipinski definition) is 4. The van der Waals surface area contributed by atoms with Crippen LogP contribution in [0.2, 0.25) is 0 Å². The summed E-state index contributed by atoms with van der Waals surface area (Å²) in [6.45, 7) is 3.69. The van der Waals surface area contributed by atoms with Crippen molar-refractivity contribution in [2.45, 2.75) is 45.7 Å². The molecule has 2 aromatic rings. The summed E-state index contributed by atoms with van der Waals surface area (Å²) < 4.78 is 52.8. The van der Waals surface area contributed by atoms with Crippen molar-refractivity contribution in [3.8, 4) is 11.8 Å². The Labute approximate surface area is 153 Å². The van der Waals surface area contributed by atoms with Gasteiger partial charge in [0.2, 0.25) is 0 Å². The molecule has 0 aliphatic heterocycles. The zero-order chi connectivity index (χ0) is 20.6. The van der Waals surface area contributed by atoms with Crippen molar-refractivity contribution in [1.82, 2.24) is 9.55 Å². The van der Waals surface area contributed by atoms with E-state index in [2.05, 4.69) is 4.98 Å². The third-order valence-electron chi connectivity index (χ3n) is 3.73. The molecule has 0 fully saturated rings. The average molecular weight is 383 g/mol. The van der Waals surface area contributed by atoms with Gasteiger partial charge in [-0.3, -0.25) is 4.57 Å². The minimum atomic E-state index is -4.28. The molecule has 1 aromatic heterocycles. The Kier molecular flexibility index (Phi) is 7.88. The molecule has 0 unspecified atom stereocenters. The van der Waals surface area contributed by atoms with Gasteiger partial charge in [0.1, 0.15) is 23.4 Å². The maximum Gasteiger partial charge on any atom is 0.389 e. The number of hydrogen-bond donors (Lipinski definition) is 0. The Hall–Kier alpha value is -2.98. The maximum absolute atomic E-state index is 14.5. The third-order valence-corrected chi connectivity index (χ3v) is 3.73. The largest absolute Gasteiger partial charge is 0.389 e. The fourth-order valence-electron chi connectivity index (χ4n) is 2.55. The molecule has 0 saturated heterocycles. The van der Waals surface area contributed by atoms with E-state index in [4.69, 9.17) is 9.59 Å². The molecule has 9 heteroatoms. The number of rotatable bonds is 5. The van der Waals surface area contributed by atoms with Crippen LogP contribution in [-0.4, -0.2) is 21.9 Å². The van der Waals surface area contributed by atoms with Crippen LogP contribution in [0.15, 0.2) is 18.2 Å². The van der Waals surface area contributed by atoms with Crippen LogP contribution in [0.3, 0.4) is 0 Å². The number of nitriles is 1. The zero-order valence-electron chi connectivity index (χ0n) is 14.7. The standard InChI is InChI=1S/C17H17F4N3.CO2/c1-3-13-15(10-22)24(16(4-2)23-13)14-6-5-11(9-12(14)18)7-8-17(19,20)21;2-1-3/h5-6,9H,3-4,7-8H2,1-2H3;. The fraction of sp³-hybridized carbons (Fsp3) is 0.389. The SMILES string of the molecule is CCc1nc(CC)n(-c2ccc(CCC(F)(F)F)cc2F)c1C#N.O=C=O. The summed E-state index contributed by atoms with van der Waals surface area (Å²) in [4.78, 5) is 20.6. The number of halogens is 4. The molecular formula is C18H17F4N3O2. The molecule has 2 rings (SSSR count). The highest BCUT2D eigenvalue weighted by Gasteiger charge is 2.26. The highest BCUT2D eigenvalue weighted by Crippen LogP contribution is 2.25. The van der Waals surface area contributed by atoms with Crippen LogP contribution in [0.5, 0.6) is 0 Å². The second-order valence-electron chi connectivity index (χ2n) is 5.46. The van der Waals surface area contributed by atoms with Crippen molar-refractivity contribution in [3.63, 3.8) is 0 Å². The molecule has 0 radical (unpaired) electrons. The smallest absolute Gasteiger partial charge is 0.285 e. The Morgan fingerprint density at radius 2 is 1.81 bits per heavy atom. The topological polar surface area (TPSA) is 75.8 Å². The summed E-state index contributed by atoms with van der Waals surface area (Å²) in [6.07, 6.45) is -4.27. The van der Waals surface area contributed by atoms with E-state index in [-0.39, 0.29) is 29.5 Å². The summed E-state index contributed by atoms with van der Waals surface area (Å²) in [5.41, 5.74) is 1.23. The van der Waals surface area contributed by atoms with Gasteiger partial charge in [-0.2, -0.15) is 28.0 Å². The van der Waals surface area contributed by atoms with Crippen LogP contribution in [0, 0.1) is 17.1 Å². The number of imidazole rings is 1. The first kappa shape index (κ1) is 22.1. The predicted octanol–water partition coefficient (Wildman–Crippen LogP) is 3.92. The second-order valence-corrected chi connectivity index (χ2v) is 5.46. The van der Waals surface area contributed by atoms with Crippen LogP contribution in [0.1, 0.15) is 43.0 Å². The van der Waals surface area contributed by atoms with Crippen LogP contribution in [0.4, 0.5) is 17.6 Å². The van der Waals surface area contributed by atoms with Gasteiger partial charge < -0.3 is 0 Å². The van der Waals surface area contributed by atoms with Crippen LogP contribution < -0.4 is 0 Å². The van der Waals surface area contributed by atoms with Gasteiger partial charge in [-0.05, 0) is 30.5 Å². The van der Waals surface area contributed by atoms with Gasteiger partial charge in [-0.25, -0.2) is 9.37 Å². The van der Waals surface area contributed by atoms with Gasteiger partial charge in [-0.1, -0.05) is 19.9 Å². The monoisotopic (exact) mass is 383 g/mol. The molecule has 5 nitrogen and oxygen atoms in total. The molecule has 0 N–H and O–H groups in total. The fourth-order valence-corrected chi connectivity index (χ4v) is 2.55. The maximum atomic E-state index is 14.5. The highest BCUT2D eigenvalue weighted by atomic mass is 19.4. The van der Waals surface area contributed by atoms with Crippen LogP contribution in [0.25, 0.3) is 5.69 Å². The van der Waals surface area contributed by atoms with Crippen LogP contribution >= 0.6 is 0 Å². The van der Waals surface area contributed by atoms with Gasteiger partial charge in [0.25, 0.3) is 0 Å². The number of benzene rings is 1. The summed E-state index contributed by atoms with van der Waals surface area (Å²) in [5.74, 6) is -0.119. The molecule has 0 bridgehead atoms. The van der Waals surface area contributed by atoms with E-state index in [1.807, 2.05) is 19.9 Å². The van der Waals surface area contributed by atoms with Gasteiger partial charge in [0.05, 0.1) is 11.4 Å². The van der Waals surface area contributed by atoms with E-state index in [9.17, 15) is 22.8 Å². The molecular weight excluding hydrogens is 366 g/mol.